The third-order valence-corrected chi connectivity index (χ3v) is 14.7. The van der Waals surface area contributed by atoms with Crippen LogP contribution in [-0.2, 0) is 23.9 Å². The molecule has 11 heteroatoms. The SMILES string of the molecule is CC(C)(C)OC(=O)NC(C(=O)N[C@@H]1C(=O)N2C(C(=O)OC(C)(C)C)=C(C[P+](c3ccccc3)(c3ccccc3)c3ccccc3)CS[C@@H]12)c1ccccc1. The van der Waals surface area contributed by atoms with Gasteiger partial charge >= 0.3 is 12.1 Å². The third kappa shape index (κ3) is 8.40. The maximum absolute atomic E-state index is 14.3. The topological polar surface area (TPSA) is 114 Å². The summed E-state index contributed by atoms with van der Waals surface area (Å²) in [6.07, 6.45) is -0.266. The summed E-state index contributed by atoms with van der Waals surface area (Å²) in [7, 11) is -2.44. The lowest BCUT2D eigenvalue weighted by Gasteiger charge is -2.50. The molecule has 3 amide bonds. The number of esters is 1. The molecule has 2 aliphatic heterocycles. The van der Waals surface area contributed by atoms with Gasteiger partial charge in [-0.05, 0) is 83.5 Å². The van der Waals surface area contributed by atoms with Crippen molar-refractivity contribution in [2.45, 2.75) is 70.2 Å². The van der Waals surface area contributed by atoms with Crippen molar-refractivity contribution < 1.29 is 28.7 Å². The molecule has 4 aromatic carbocycles. The molecule has 0 radical (unpaired) electrons. The van der Waals surface area contributed by atoms with Crippen molar-refractivity contribution in [3.63, 3.8) is 0 Å². The highest BCUT2D eigenvalue weighted by molar-refractivity contribution is 8.00. The second-order valence-electron chi connectivity index (χ2n) is 15.3. The van der Waals surface area contributed by atoms with E-state index in [-0.39, 0.29) is 5.70 Å². The fourth-order valence-electron chi connectivity index (χ4n) is 6.78. The van der Waals surface area contributed by atoms with Crippen molar-refractivity contribution in [1.29, 1.82) is 0 Å². The Morgan fingerprint density at radius 2 is 1.20 bits per heavy atom. The molecular weight excluding hydrogens is 718 g/mol. The maximum Gasteiger partial charge on any atom is 0.408 e. The zero-order valence-corrected chi connectivity index (χ0v) is 33.2. The molecule has 3 atom stereocenters. The molecule has 0 spiro atoms. The molecule has 1 saturated heterocycles. The minimum atomic E-state index is -2.44. The Hall–Kier alpha value is -4.92. The molecule has 2 N–H and O–H groups in total. The van der Waals surface area contributed by atoms with Crippen LogP contribution in [0.3, 0.4) is 0 Å². The van der Waals surface area contributed by atoms with Crippen LogP contribution in [0.5, 0.6) is 0 Å². The summed E-state index contributed by atoms with van der Waals surface area (Å²) in [6.45, 7) is 10.6. The summed E-state index contributed by atoms with van der Waals surface area (Å²) in [5.41, 5.74) is -0.0444. The number of fused-ring (bicyclic) bond motifs is 1. The zero-order chi connectivity index (χ0) is 38.7. The summed E-state index contributed by atoms with van der Waals surface area (Å²) < 4.78 is 11.5. The second-order valence-corrected chi connectivity index (χ2v) is 19.9. The van der Waals surface area contributed by atoms with E-state index in [4.69, 9.17) is 9.47 Å². The van der Waals surface area contributed by atoms with Gasteiger partial charge in [-0.2, -0.15) is 0 Å². The summed E-state index contributed by atoms with van der Waals surface area (Å²) in [5, 5.41) is 8.45. The Labute approximate surface area is 322 Å². The molecule has 0 bridgehead atoms. The van der Waals surface area contributed by atoms with Crippen LogP contribution in [0.25, 0.3) is 0 Å². The van der Waals surface area contributed by atoms with Gasteiger partial charge in [0.2, 0.25) is 5.91 Å². The normalized spacial score (nSPS) is 17.8. The van der Waals surface area contributed by atoms with E-state index in [2.05, 4.69) is 47.0 Å². The summed E-state index contributed by atoms with van der Waals surface area (Å²) in [5.74, 6) is -1.14. The van der Waals surface area contributed by atoms with E-state index >= 15 is 0 Å². The molecule has 1 unspecified atom stereocenters. The molecule has 6 rings (SSSR count). The molecule has 54 heavy (non-hydrogen) atoms. The van der Waals surface area contributed by atoms with Crippen molar-refractivity contribution in [3.05, 3.63) is 138 Å². The zero-order valence-electron chi connectivity index (χ0n) is 31.4. The van der Waals surface area contributed by atoms with Crippen LogP contribution in [0.4, 0.5) is 4.79 Å². The minimum Gasteiger partial charge on any atom is -0.455 e. The van der Waals surface area contributed by atoms with Gasteiger partial charge in [0.1, 0.15) is 57.5 Å². The smallest absolute Gasteiger partial charge is 0.408 e. The number of alkyl carbamates (subject to hydrolysis) is 1. The number of benzene rings is 4. The van der Waals surface area contributed by atoms with Crippen molar-refractivity contribution in [2.75, 3.05) is 11.9 Å². The first kappa shape index (κ1) is 38.8. The third-order valence-electron chi connectivity index (χ3n) is 9.01. The van der Waals surface area contributed by atoms with Crippen LogP contribution in [0.1, 0.15) is 53.1 Å². The summed E-state index contributed by atoms with van der Waals surface area (Å²) >= 11 is 1.50. The van der Waals surface area contributed by atoms with Crippen LogP contribution < -0.4 is 26.5 Å². The average Bonchev–Trinajstić information content (AvgIpc) is 3.14. The lowest BCUT2D eigenvalue weighted by atomic mass is 10.0. The monoisotopic (exact) mass is 764 g/mol. The highest BCUT2D eigenvalue weighted by Gasteiger charge is 2.57. The Balaban J connectivity index is 1.38. The highest BCUT2D eigenvalue weighted by atomic mass is 32.2. The predicted octanol–water partition coefficient (Wildman–Crippen LogP) is 6.24. The molecule has 1 fully saturated rings. The number of thioether (sulfide) groups is 1. The van der Waals surface area contributed by atoms with Crippen molar-refractivity contribution in [2.24, 2.45) is 0 Å². The number of hydrogen-bond acceptors (Lipinski definition) is 7. The Kier molecular flexibility index (Phi) is 11.4. The van der Waals surface area contributed by atoms with Crippen molar-refractivity contribution in [1.82, 2.24) is 15.5 Å². The van der Waals surface area contributed by atoms with E-state index in [9.17, 15) is 19.2 Å². The molecule has 0 aromatic heterocycles. The Morgan fingerprint density at radius 3 is 1.67 bits per heavy atom. The molecule has 2 aliphatic rings. The Morgan fingerprint density at radius 1 is 0.741 bits per heavy atom. The molecular formula is C43H47N3O6PS+. The first-order chi connectivity index (χ1) is 25.7. The fourth-order valence-corrected chi connectivity index (χ4v) is 12.6. The molecule has 9 nitrogen and oxygen atoms in total. The summed E-state index contributed by atoms with van der Waals surface area (Å²) in [4.78, 5) is 56.8. The maximum atomic E-state index is 14.3. The standard InChI is InChI=1S/C43H46N3O6PS/c1-42(2,3)51-40(49)36-30(27-53(31-21-13-8-14-22-31,32-23-15-9-16-24-32)33-25-17-10-18-26-33)28-54-39-35(38(48)46(36)39)44-37(47)34(29-19-11-7-12-20-29)45-41(50)52-43(4,5)6/h7-26,34-35,39H,27-28H2,1-6H3,(H-,44,45,47,50)/p+1/t34?,35-,39+/m1/s1. The fraction of sp³-hybridized carbons (Fsp3) is 0.302. The van der Waals surface area contributed by atoms with E-state index in [1.54, 1.807) is 65.8 Å². The molecule has 0 aliphatic carbocycles. The lowest BCUT2D eigenvalue weighted by molar-refractivity contribution is -0.159. The van der Waals surface area contributed by atoms with E-state index in [0.717, 1.165) is 21.5 Å². The number of amides is 3. The van der Waals surface area contributed by atoms with E-state index in [1.807, 2.05) is 60.7 Å². The Bertz CT molecular complexity index is 1920. The molecule has 4 aromatic rings. The van der Waals surface area contributed by atoms with Crippen molar-refractivity contribution in [3.8, 4) is 0 Å². The van der Waals surface area contributed by atoms with Crippen LogP contribution in [0.2, 0.25) is 0 Å². The van der Waals surface area contributed by atoms with Crippen molar-refractivity contribution >= 4 is 58.8 Å². The van der Waals surface area contributed by atoms with Gasteiger partial charge in [-0.1, -0.05) is 84.9 Å². The quantitative estimate of drug-likeness (QED) is 0.112. The number of hydrogen-bond donors (Lipinski definition) is 2. The van der Waals surface area contributed by atoms with Gasteiger partial charge in [-0.25, -0.2) is 9.59 Å². The van der Waals surface area contributed by atoms with E-state index < -0.39 is 59.8 Å². The number of carbonyl (C=O) groups is 4. The van der Waals surface area contributed by atoms with Gasteiger partial charge in [-0.3, -0.25) is 14.5 Å². The lowest BCUT2D eigenvalue weighted by Crippen LogP contribution is -2.71. The number of nitrogens with one attached hydrogen (secondary N) is 2. The van der Waals surface area contributed by atoms with Crippen LogP contribution in [0, 0.1) is 0 Å². The molecule has 280 valence electrons. The van der Waals surface area contributed by atoms with Gasteiger partial charge < -0.3 is 20.1 Å². The molecule has 0 saturated carbocycles. The largest absolute Gasteiger partial charge is 0.455 e. The van der Waals surface area contributed by atoms with Crippen LogP contribution >= 0.6 is 19.0 Å². The number of ether oxygens (including phenoxy) is 2. The summed E-state index contributed by atoms with van der Waals surface area (Å²) in [6, 6.07) is 37.8. The van der Waals surface area contributed by atoms with Crippen LogP contribution in [0.15, 0.2) is 133 Å². The predicted molar refractivity (Wildman–Crippen MR) is 216 cm³/mol. The number of nitrogens with zero attached hydrogens (tertiary/aromatic N) is 1. The van der Waals surface area contributed by atoms with E-state index in [0.29, 0.717) is 17.5 Å². The van der Waals surface area contributed by atoms with Gasteiger partial charge in [0.15, 0.2) is 0 Å². The molecule has 2 heterocycles. The average molecular weight is 765 g/mol. The minimum absolute atomic E-state index is 0.225. The number of β-lactam (4-membered cyclic amide) rings is 1. The second kappa shape index (κ2) is 15.8. The van der Waals surface area contributed by atoms with Gasteiger partial charge in [0.05, 0.1) is 6.16 Å². The van der Waals surface area contributed by atoms with E-state index in [1.165, 1.54) is 16.7 Å². The van der Waals surface area contributed by atoms with Gasteiger partial charge in [0, 0.05) is 11.3 Å². The van der Waals surface area contributed by atoms with Crippen LogP contribution in [-0.4, -0.2) is 63.3 Å². The highest BCUT2D eigenvalue weighted by Crippen LogP contribution is 2.58. The number of carbonyl (C=O) groups excluding carboxylic acids is 4. The number of rotatable bonds is 10. The van der Waals surface area contributed by atoms with Gasteiger partial charge in [-0.15, -0.1) is 11.8 Å². The first-order valence-electron chi connectivity index (χ1n) is 18.0. The van der Waals surface area contributed by atoms with Gasteiger partial charge in [0.25, 0.3) is 5.91 Å². The first-order valence-corrected chi connectivity index (χ1v) is 21.0.